The van der Waals surface area contributed by atoms with Crippen LogP contribution in [0.4, 0.5) is 11.4 Å². The molecular weight excluding hydrogens is 310 g/mol. The van der Waals surface area contributed by atoms with Gasteiger partial charge in [0.05, 0.1) is 11.6 Å². The summed E-state index contributed by atoms with van der Waals surface area (Å²) in [4.78, 5) is 11.3. The average molecular weight is 329 g/mol. The number of ether oxygens (including phenoxy) is 1. The van der Waals surface area contributed by atoms with Crippen LogP contribution in [0.3, 0.4) is 0 Å². The van der Waals surface area contributed by atoms with E-state index in [1.165, 1.54) is 11.3 Å². The molecule has 3 heterocycles. The van der Waals surface area contributed by atoms with E-state index < -0.39 is 5.72 Å². The third-order valence-electron chi connectivity index (χ3n) is 5.72. The van der Waals surface area contributed by atoms with Crippen LogP contribution in [-0.2, 0) is 5.41 Å². The molecule has 5 rings (SSSR count). The second-order valence-corrected chi connectivity index (χ2v) is 7.27. The van der Waals surface area contributed by atoms with E-state index in [9.17, 15) is 0 Å². The smallest absolute Gasteiger partial charge is 0.228 e. The highest BCUT2D eigenvalue weighted by Crippen LogP contribution is 2.53. The number of benzene rings is 2. The van der Waals surface area contributed by atoms with Crippen molar-refractivity contribution in [1.29, 1.82) is 0 Å². The molecule has 4 nitrogen and oxygen atoms in total. The van der Waals surface area contributed by atoms with Gasteiger partial charge >= 0.3 is 0 Å². The van der Waals surface area contributed by atoms with Crippen LogP contribution in [0.25, 0.3) is 10.8 Å². The van der Waals surface area contributed by atoms with Crippen molar-refractivity contribution >= 4 is 28.4 Å². The Hall–Kier alpha value is -2.88. The van der Waals surface area contributed by atoms with E-state index in [0.717, 1.165) is 22.2 Å². The Morgan fingerprint density at radius 1 is 1.04 bits per heavy atom. The van der Waals surface area contributed by atoms with Crippen LogP contribution in [0, 0.1) is 0 Å². The molecule has 4 heteroatoms. The fourth-order valence-electron chi connectivity index (χ4n) is 4.22. The van der Waals surface area contributed by atoms with E-state index in [2.05, 4.69) is 61.1 Å². The fraction of sp³-hybridized carbons (Fsp3) is 0.238. The Morgan fingerprint density at radius 2 is 1.88 bits per heavy atom. The normalized spacial score (nSPS) is 22.8. The third-order valence-corrected chi connectivity index (χ3v) is 5.72. The standard InChI is InChI=1S/C21H19N3O/c1-20(2)16-6-4-5-7-17(16)24(3)21(20)13-23-19-15-12-22-11-10-14(15)8-9-18(19)25-21/h4-13H,1-3H3. The highest BCUT2D eigenvalue weighted by molar-refractivity contribution is 5.99. The second kappa shape index (κ2) is 4.60. The summed E-state index contributed by atoms with van der Waals surface area (Å²) < 4.78 is 6.65. The van der Waals surface area contributed by atoms with Gasteiger partial charge in [-0.3, -0.25) is 9.98 Å². The van der Waals surface area contributed by atoms with E-state index in [-0.39, 0.29) is 5.41 Å². The Bertz CT molecular complexity index is 1040. The van der Waals surface area contributed by atoms with Crippen molar-refractivity contribution in [2.45, 2.75) is 25.0 Å². The lowest BCUT2D eigenvalue weighted by atomic mass is 9.77. The van der Waals surface area contributed by atoms with E-state index in [1.807, 2.05) is 24.5 Å². The van der Waals surface area contributed by atoms with Gasteiger partial charge in [-0.25, -0.2) is 0 Å². The summed E-state index contributed by atoms with van der Waals surface area (Å²) in [6.07, 6.45) is 5.61. The third kappa shape index (κ3) is 1.66. The zero-order valence-corrected chi connectivity index (χ0v) is 14.5. The highest BCUT2D eigenvalue weighted by atomic mass is 16.5. The van der Waals surface area contributed by atoms with E-state index in [4.69, 9.17) is 9.73 Å². The summed E-state index contributed by atoms with van der Waals surface area (Å²) in [7, 11) is 2.08. The maximum absolute atomic E-state index is 6.65. The van der Waals surface area contributed by atoms with Gasteiger partial charge in [0.15, 0.2) is 0 Å². The molecule has 2 aromatic carbocycles. The first-order valence-corrected chi connectivity index (χ1v) is 8.49. The monoisotopic (exact) mass is 329 g/mol. The van der Waals surface area contributed by atoms with Crippen molar-refractivity contribution in [3.8, 4) is 5.75 Å². The molecule has 124 valence electrons. The number of aliphatic imine (C=N–C) groups is 1. The summed E-state index contributed by atoms with van der Waals surface area (Å²) in [5, 5.41) is 2.13. The lowest BCUT2D eigenvalue weighted by Crippen LogP contribution is -2.61. The molecule has 0 bridgehead atoms. The van der Waals surface area contributed by atoms with Gasteiger partial charge in [0.1, 0.15) is 11.4 Å². The van der Waals surface area contributed by atoms with Crippen LogP contribution in [0.1, 0.15) is 19.4 Å². The number of likely N-dealkylation sites (N-methyl/N-ethyl adjacent to an activating group) is 1. The number of nitrogens with zero attached hydrogens (tertiary/aromatic N) is 3. The van der Waals surface area contributed by atoms with Crippen molar-refractivity contribution in [2.24, 2.45) is 4.99 Å². The maximum Gasteiger partial charge on any atom is 0.228 e. The number of anilines is 1. The molecule has 0 N–H and O–H groups in total. The zero-order chi connectivity index (χ0) is 17.2. The number of rotatable bonds is 0. The Kier molecular flexibility index (Phi) is 2.66. The summed E-state index contributed by atoms with van der Waals surface area (Å²) in [6, 6.07) is 14.6. The number of pyridine rings is 1. The molecule has 1 spiro atoms. The quantitative estimate of drug-likeness (QED) is 0.611. The average Bonchev–Trinajstić information content (AvgIpc) is 2.81. The van der Waals surface area contributed by atoms with Crippen LogP contribution in [-0.4, -0.2) is 24.0 Å². The first-order valence-electron chi connectivity index (χ1n) is 8.49. The van der Waals surface area contributed by atoms with Gasteiger partial charge in [-0.2, -0.15) is 0 Å². The topological polar surface area (TPSA) is 37.7 Å². The number of fused-ring (bicyclic) bond motifs is 4. The molecule has 1 atom stereocenters. The molecule has 0 amide bonds. The largest absolute Gasteiger partial charge is 0.459 e. The fourth-order valence-corrected chi connectivity index (χ4v) is 4.22. The lowest BCUT2D eigenvalue weighted by molar-refractivity contribution is 0.0826. The molecular formula is C21H19N3O. The van der Waals surface area contributed by atoms with Gasteiger partial charge in [-0.05, 0) is 43.0 Å². The first kappa shape index (κ1) is 14.5. The predicted molar refractivity (Wildman–Crippen MR) is 101 cm³/mol. The zero-order valence-electron chi connectivity index (χ0n) is 14.5. The molecule has 1 unspecified atom stereocenters. The van der Waals surface area contributed by atoms with Gasteiger partial charge in [0.2, 0.25) is 5.72 Å². The van der Waals surface area contributed by atoms with E-state index in [1.54, 1.807) is 6.20 Å². The van der Waals surface area contributed by atoms with Crippen LogP contribution >= 0.6 is 0 Å². The van der Waals surface area contributed by atoms with Crippen molar-refractivity contribution in [3.63, 3.8) is 0 Å². The van der Waals surface area contributed by atoms with Gasteiger partial charge in [-0.15, -0.1) is 0 Å². The Balaban J connectivity index is 1.72. The van der Waals surface area contributed by atoms with Gasteiger partial charge in [-0.1, -0.05) is 24.3 Å². The van der Waals surface area contributed by atoms with Crippen molar-refractivity contribution in [3.05, 3.63) is 60.4 Å². The number of aromatic nitrogens is 1. The Morgan fingerprint density at radius 3 is 2.72 bits per heavy atom. The van der Waals surface area contributed by atoms with Crippen LogP contribution in [0.15, 0.2) is 59.9 Å². The number of hydrogen-bond acceptors (Lipinski definition) is 4. The summed E-state index contributed by atoms with van der Waals surface area (Å²) >= 11 is 0. The van der Waals surface area contributed by atoms with Crippen LogP contribution in [0.5, 0.6) is 5.75 Å². The number of para-hydroxylation sites is 1. The Labute approximate surface area is 146 Å². The van der Waals surface area contributed by atoms with E-state index in [0.29, 0.717) is 0 Å². The minimum atomic E-state index is -0.639. The molecule has 0 aliphatic carbocycles. The second-order valence-electron chi connectivity index (χ2n) is 7.27. The minimum absolute atomic E-state index is 0.233. The summed E-state index contributed by atoms with van der Waals surface area (Å²) in [5.74, 6) is 0.802. The van der Waals surface area contributed by atoms with Crippen molar-refractivity contribution < 1.29 is 4.74 Å². The maximum atomic E-state index is 6.65. The predicted octanol–water partition coefficient (Wildman–Crippen LogP) is 4.45. The molecule has 0 fully saturated rings. The van der Waals surface area contributed by atoms with Gasteiger partial charge < -0.3 is 9.64 Å². The summed E-state index contributed by atoms with van der Waals surface area (Å²) in [5.41, 5.74) is 2.44. The number of hydrogen-bond donors (Lipinski definition) is 0. The van der Waals surface area contributed by atoms with Crippen molar-refractivity contribution in [1.82, 2.24) is 4.98 Å². The molecule has 1 aromatic heterocycles. The van der Waals surface area contributed by atoms with E-state index >= 15 is 0 Å². The molecule has 2 aliphatic rings. The lowest BCUT2D eigenvalue weighted by Gasteiger charge is -2.44. The van der Waals surface area contributed by atoms with Crippen LogP contribution < -0.4 is 9.64 Å². The van der Waals surface area contributed by atoms with Crippen molar-refractivity contribution in [2.75, 3.05) is 11.9 Å². The SMILES string of the molecule is CN1c2ccccc2C(C)(C)C12C=Nc1c(ccc3ccncc13)O2. The van der Waals surface area contributed by atoms with Gasteiger partial charge in [0, 0.05) is 30.5 Å². The molecule has 0 saturated carbocycles. The molecule has 3 aromatic rings. The molecule has 2 aliphatic heterocycles. The van der Waals surface area contributed by atoms with Crippen LogP contribution in [0.2, 0.25) is 0 Å². The first-order chi connectivity index (χ1) is 12.0. The summed E-state index contributed by atoms with van der Waals surface area (Å²) in [6.45, 7) is 4.43. The molecule has 25 heavy (non-hydrogen) atoms. The molecule has 0 saturated heterocycles. The highest BCUT2D eigenvalue weighted by Gasteiger charge is 2.58. The molecule has 0 radical (unpaired) electrons. The van der Waals surface area contributed by atoms with Gasteiger partial charge in [0.25, 0.3) is 0 Å². The minimum Gasteiger partial charge on any atom is -0.459 e.